The van der Waals surface area contributed by atoms with Crippen LogP contribution in [-0.2, 0) is 19.4 Å². The van der Waals surface area contributed by atoms with Gasteiger partial charge in [-0.05, 0) is 59.3 Å². The normalized spacial score (nSPS) is 10.8. The van der Waals surface area contributed by atoms with Crippen molar-refractivity contribution in [3.63, 3.8) is 0 Å². The maximum Gasteiger partial charge on any atom is 0.251 e. The van der Waals surface area contributed by atoms with Crippen molar-refractivity contribution in [1.29, 1.82) is 0 Å². The van der Waals surface area contributed by atoms with Gasteiger partial charge in [0.25, 0.3) is 5.56 Å². The van der Waals surface area contributed by atoms with Gasteiger partial charge in [0.05, 0.1) is 42.7 Å². The predicted octanol–water partition coefficient (Wildman–Crippen LogP) is 4.89. The first-order chi connectivity index (χ1) is 18.5. The molecular formula is C30H33NO7. The van der Waals surface area contributed by atoms with Gasteiger partial charge in [-0.2, -0.15) is 0 Å². The van der Waals surface area contributed by atoms with Crippen LogP contribution >= 0.6 is 0 Å². The quantitative estimate of drug-likeness (QED) is 0.279. The zero-order valence-electron chi connectivity index (χ0n) is 22.6. The van der Waals surface area contributed by atoms with Crippen molar-refractivity contribution >= 4 is 10.8 Å². The molecule has 0 saturated heterocycles. The van der Waals surface area contributed by atoms with Crippen molar-refractivity contribution in [1.82, 2.24) is 4.57 Å². The molecule has 0 N–H and O–H groups in total. The van der Waals surface area contributed by atoms with Crippen molar-refractivity contribution in [2.75, 3.05) is 42.7 Å². The molecule has 4 aromatic rings. The summed E-state index contributed by atoms with van der Waals surface area (Å²) in [5.41, 5.74) is 2.77. The number of fused-ring (bicyclic) bond motifs is 1. The molecule has 0 aliphatic heterocycles. The van der Waals surface area contributed by atoms with Crippen LogP contribution in [0.15, 0.2) is 59.4 Å². The minimum atomic E-state index is -0.0966. The minimum absolute atomic E-state index is 0.0966. The summed E-state index contributed by atoms with van der Waals surface area (Å²) in [4.78, 5) is 13.5. The van der Waals surface area contributed by atoms with Crippen LogP contribution in [0.3, 0.4) is 0 Å². The molecule has 1 aromatic heterocycles. The molecule has 1 heterocycles. The summed E-state index contributed by atoms with van der Waals surface area (Å²) >= 11 is 0. The highest BCUT2D eigenvalue weighted by Crippen LogP contribution is 2.35. The van der Waals surface area contributed by atoms with Crippen LogP contribution in [0.5, 0.6) is 34.5 Å². The lowest BCUT2D eigenvalue weighted by atomic mass is 10.0. The fourth-order valence-electron chi connectivity index (χ4n) is 4.65. The number of methoxy groups -OCH3 is 6. The van der Waals surface area contributed by atoms with Crippen LogP contribution in [0, 0.1) is 0 Å². The van der Waals surface area contributed by atoms with Crippen molar-refractivity contribution in [2.24, 2.45) is 0 Å². The number of aryl methyl sites for hydroxylation is 1. The molecule has 8 nitrogen and oxygen atoms in total. The molecule has 200 valence electrons. The van der Waals surface area contributed by atoms with Crippen molar-refractivity contribution in [3.8, 4) is 34.5 Å². The first-order valence-electron chi connectivity index (χ1n) is 12.2. The Kier molecular flexibility index (Phi) is 8.31. The second-order valence-electron chi connectivity index (χ2n) is 8.68. The third kappa shape index (κ3) is 5.34. The zero-order valence-corrected chi connectivity index (χ0v) is 22.6. The molecule has 8 heteroatoms. The van der Waals surface area contributed by atoms with Gasteiger partial charge in [-0.3, -0.25) is 4.79 Å². The van der Waals surface area contributed by atoms with E-state index in [-0.39, 0.29) is 5.56 Å². The van der Waals surface area contributed by atoms with Crippen LogP contribution in [0.2, 0.25) is 0 Å². The molecule has 0 aliphatic carbocycles. The topological polar surface area (TPSA) is 77.4 Å². The standard InChI is InChI=1S/C30H33NO7/c1-33-24-9-7-19(14-26(24)35-3)11-12-31-23(13-20-8-10-25(34-2)27(15-20)36-4)22-18-29(38-6)28(37-5)16-21(22)17-30(31)32/h7-10,14-18H,11-13H2,1-6H3. The highest BCUT2D eigenvalue weighted by molar-refractivity contribution is 5.88. The van der Waals surface area contributed by atoms with E-state index in [0.29, 0.717) is 53.9 Å². The summed E-state index contributed by atoms with van der Waals surface area (Å²) < 4.78 is 34.6. The molecule has 0 saturated carbocycles. The first-order valence-corrected chi connectivity index (χ1v) is 12.2. The molecule has 0 spiro atoms. The molecule has 0 radical (unpaired) electrons. The Morgan fingerprint density at radius 1 is 0.579 bits per heavy atom. The molecule has 0 unspecified atom stereocenters. The van der Waals surface area contributed by atoms with E-state index >= 15 is 0 Å². The SMILES string of the molecule is COc1ccc(CCn2c(Cc3ccc(OC)c(OC)c3)c3cc(OC)c(OC)cc3cc2=O)cc1OC. The summed E-state index contributed by atoms with van der Waals surface area (Å²) in [5, 5.41) is 1.69. The van der Waals surface area contributed by atoms with Gasteiger partial charge in [-0.1, -0.05) is 12.1 Å². The summed E-state index contributed by atoms with van der Waals surface area (Å²) in [6.07, 6.45) is 1.12. The summed E-state index contributed by atoms with van der Waals surface area (Å²) in [6, 6.07) is 17.0. The number of ether oxygens (including phenoxy) is 6. The van der Waals surface area contributed by atoms with Gasteiger partial charge in [-0.25, -0.2) is 0 Å². The number of hydrogen-bond donors (Lipinski definition) is 0. The van der Waals surface area contributed by atoms with Crippen LogP contribution in [-0.4, -0.2) is 47.2 Å². The maximum atomic E-state index is 13.5. The summed E-state index contributed by atoms with van der Waals surface area (Å²) in [7, 11) is 9.61. The number of rotatable bonds is 11. The third-order valence-corrected chi connectivity index (χ3v) is 6.63. The average Bonchev–Trinajstić information content (AvgIpc) is 2.95. The van der Waals surface area contributed by atoms with Crippen LogP contribution in [0.25, 0.3) is 10.8 Å². The zero-order chi connectivity index (χ0) is 27.2. The Morgan fingerprint density at radius 2 is 1.08 bits per heavy atom. The maximum absolute atomic E-state index is 13.5. The van der Waals surface area contributed by atoms with Gasteiger partial charge in [0.1, 0.15) is 0 Å². The Balaban J connectivity index is 1.83. The Labute approximate surface area is 222 Å². The lowest BCUT2D eigenvalue weighted by molar-refractivity contribution is 0.354. The van der Waals surface area contributed by atoms with E-state index in [2.05, 4.69) is 0 Å². The van der Waals surface area contributed by atoms with Gasteiger partial charge in [-0.15, -0.1) is 0 Å². The molecule has 3 aromatic carbocycles. The van der Waals surface area contributed by atoms with E-state index in [1.807, 2.05) is 53.1 Å². The van der Waals surface area contributed by atoms with Gasteiger partial charge in [0, 0.05) is 30.1 Å². The molecular weight excluding hydrogens is 486 g/mol. The Morgan fingerprint density at radius 3 is 1.66 bits per heavy atom. The molecule has 4 rings (SSSR count). The number of benzene rings is 3. The second-order valence-corrected chi connectivity index (χ2v) is 8.68. The smallest absolute Gasteiger partial charge is 0.251 e. The monoisotopic (exact) mass is 519 g/mol. The largest absolute Gasteiger partial charge is 0.493 e. The van der Waals surface area contributed by atoms with Crippen molar-refractivity contribution in [2.45, 2.75) is 19.4 Å². The third-order valence-electron chi connectivity index (χ3n) is 6.63. The van der Waals surface area contributed by atoms with Gasteiger partial charge < -0.3 is 33.0 Å². The molecule has 0 bridgehead atoms. The molecule has 0 amide bonds. The van der Waals surface area contributed by atoms with Gasteiger partial charge in [0.15, 0.2) is 34.5 Å². The Bertz CT molecular complexity index is 1490. The number of hydrogen-bond acceptors (Lipinski definition) is 7. The van der Waals surface area contributed by atoms with E-state index in [1.165, 1.54) is 0 Å². The number of pyridine rings is 1. The van der Waals surface area contributed by atoms with E-state index in [4.69, 9.17) is 28.4 Å². The highest BCUT2D eigenvalue weighted by atomic mass is 16.5. The minimum Gasteiger partial charge on any atom is -0.493 e. The highest BCUT2D eigenvalue weighted by Gasteiger charge is 2.17. The van der Waals surface area contributed by atoms with Gasteiger partial charge in [0.2, 0.25) is 0 Å². The number of nitrogens with zero attached hydrogens (tertiary/aromatic N) is 1. The average molecular weight is 520 g/mol. The molecule has 0 fully saturated rings. The van der Waals surface area contributed by atoms with Crippen LogP contribution in [0.4, 0.5) is 0 Å². The van der Waals surface area contributed by atoms with E-state index in [1.54, 1.807) is 48.7 Å². The van der Waals surface area contributed by atoms with Crippen LogP contribution < -0.4 is 34.0 Å². The fraction of sp³-hybridized carbons (Fsp3) is 0.300. The Hall–Kier alpha value is -4.33. The van der Waals surface area contributed by atoms with E-state index < -0.39 is 0 Å². The molecule has 0 atom stereocenters. The van der Waals surface area contributed by atoms with E-state index in [9.17, 15) is 4.79 Å². The van der Waals surface area contributed by atoms with Crippen LogP contribution in [0.1, 0.15) is 16.8 Å². The van der Waals surface area contributed by atoms with Gasteiger partial charge >= 0.3 is 0 Å². The first kappa shape index (κ1) is 26.7. The molecule has 0 aliphatic rings. The molecule has 38 heavy (non-hydrogen) atoms. The fourth-order valence-corrected chi connectivity index (χ4v) is 4.65. The second kappa shape index (κ2) is 11.8. The van der Waals surface area contributed by atoms with Crippen molar-refractivity contribution in [3.05, 3.63) is 81.8 Å². The summed E-state index contributed by atoms with van der Waals surface area (Å²) in [5.74, 6) is 3.75. The lowest BCUT2D eigenvalue weighted by Crippen LogP contribution is -2.24. The predicted molar refractivity (Wildman–Crippen MR) is 147 cm³/mol. The number of aromatic nitrogens is 1. The van der Waals surface area contributed by atoms with E-state index in [0.717, 1.165) is 27.6 Å². The van der Waals surface area contributed by atoms with Crippen molar-refractivity contribution < 1.29 is 28.4 Å². The lowest BCUT2D eigenvalue weighted by Gasteiger charge is -2.19. The summed E-state index contributed by atoms with van der Waals surface area (Å²) in [6.45, 7) is 0.473.